The van der Waals surface area contributed by atoms with Crippen LogP contribution in [-0.2, 0) is 20.4 Å². The highest BCUT2D eigenvalue weighted by Gasteiger charge is 2.09. The quantitative estimate of drug-likeness (QED) is 0.584. The van der Waals surface area contributed by atoms with Gasteiger partial charge in [0, 0.05) is 17.3 Å². The summed E-state index contributed by atoms with van der Waals surface area (Å²) < 4.78 is 10.8. The molecule has 6 heteroatoms. The molecular weight excluding hydrogens is 182 g/mol. The van der Waals surface area contributed by atoms with Crippen molar-refractivity contribution in [1.29, 1.82) is 0 Å². The molecule has 5 nitrogen and oxygen atoms in total. The summed E-state index contributed by atoms with van der Waals surface area (Å²) >= 11 is 0. The standard InChI is InChI=1S/C6H11NO4S/c1-2-7-5(8)3-12(11)4-6(9)10/h2-4H2,1H3,(H,7,8)(H,9,10). The first-order valence-corrected chi connectivity index (χ1v) is 4.88. The lowest BCUT2D eigenvalue weighted by atomic mass is 10.6. The second-order valence-electron chi connectivity index (χ2n) is 2.08. The van der Waals surface area contributed by atoms with E-state index in [0.29, 0.717) is 6.54 Å². The van der Waals surface area contributed by atoms with Crippen LogP contribution in [0.15, 0.2) is 0 Å². The van der Waals surface area contributed by atoms with Crippen molar-refractivity contribution in [2.75, 3.05) is 18.1 Å². The molecule has 70 valence electrons. The minimum atomic E-state index is -1.59. The van der Waals surface area contributed by atoms with E-state index >= 15 is 0 Å². The van der Waals surface area contributed by atoms with Gasteiger partial charge in [0.05, 0.1) is 0 Å². The number of rotatable bonds is 5. The maximum Gasteiger partial charge on any atom is 0.316 e. The van der Waals surface area contributed by atoms with E-state index in [2.05, 4.69) is 5.32 Å². The molecule has 0 aliphatic rings. The van der Waals surface area contributed by atoms with Gasteiger partial charge >= 0.3 is 5.97 Å². The zero-order valence-corrected chi connectivity index (χ0v) is 7.52. The van der Waals surface area contributed by atoms with Crippen LogP contribution in [0.2, 0.25) is 0 Å². The number of carbonyl (C=O) groups is 2. The summed E-state index contributed by atoms with van der Waals surface area (Å²) in [6, 6.07) is 0. The van der Waals surface area contributed by atoms with Crippen molar-refractivity contribution in [1.82, 2.24) is 5.32 Å². The summed E-state index contributed by atoms with van der Waals surface area (Å²) in [6.07, 6.45) is 0. The van der Waals surface area contributed by atoms with Gasteiger partial charge in [0.2, 0.25) is 5.91 Å². The molecule has 0 radical (unpaired) electrons. The fourth-order valence-electron chi connectivity index (χ4n) is 0.583. The molecule has 0 aromatic carbocycles. The van der Waals surface area contributed by atoms with E-state index in [4.69, 9.17) is 5.11 Å². The van der Waals surface area contributed by atoms with E-state index in [9.17, 15) is 13.8 Å². The maximum atomic E-state index is 10.8. The molecular formula is C6H11NO4S. The Balaban J connectivity index is 3.69. The van der Waals surface area contributed by atoms with Gasteiger partial charge in [-0.25, -0.2) is 0 Å². The summed E-state index contributed by atoms with van der Waals surface area (Å²) in [6.45, 7) is 2.20. The van der Waals surface area contributed by atoms with E-state index in [0.717, 1.165) is 0 Å². The van der Waals surface area contributed by atoms with Gasteiger partial charge in [-0.2, -0.15) is 0 Å². The lowest BCUT2D eigenvalue weighted by Gasteiger charge is -1.99. The Bertz CT molecular complexity index is 204. The Labute approximate surface area is 72.6 Å². The van der Waals surface area contributed by atoms with Crippen molar-refractivity contribution in [3.05, 3.63) is 0 Å². The lowest BCUT2D eigenvalue weighted by molar-refractivity contribution is -0.133. The van der Waals surface area contributed by atoms with Crippen LogP contribution in [0.1, 0.15) is 6.92 Å². The zero-order chi connectivity index (χ0) is 9.56. The largest absolute Gasteiger partial charge is 0.481 e. The predicted octanol–water partition coefficient (Wildman–Crippen LogP) is -1.04. The molecule has 0 aliphatic heterocycles. The molecule has 1 atom stereocenters. The van der Waals surface area contributed by atoms with Crippen LogP contribution in [-0.4, -0.2) is 39.2 Å². The lowest BCUT2D eigenvalue weighted by Crippen LogP contribution is -2.29. The fourth-order valence-corrected chi connectivity index (χ4v) is 1.36. The summed E-state index contributed by atoms with van der Waals surface area (Å²) in [5.74, 6) is -2.24. The second-order valence-corrected chi connectivity index (χ2v) is 3.53. The molecule has 0 aromatic rings. The fraction of sp³-hybridized carbons (Fsp3) is 0.667. The first kappa shape index (κ1) is 11.1. The molecule has 1 unspecified atom stereocenters. The third-order valence-corrected chi connectivity index (χ3v) is 2.10. The topological polar surface area (TPSA) is 83.5 Å². The average Bonchev–Trinajstić information content (AvgIpc) is 1.84. The molecule has 0 bridgehead atoms. The van der Waals surface area contributed by atoms with Crippen molar-refractivity contribution in [3.8, 4) is 0 Å². The molecule has 0 saturated heterocycles. The number of aliphatic carboxylic acids is 1. The molecule has 0 heterocycles. The summed E-state index contributed by atoms with van der Waals surface area (Å²) in [7, 11) is -1.59. The van der Waals surface area contributed by atoms with E-state index in [-0.39, 0.29) is 11.7 Å². The third kappa shape index (κ3) is 5.84. The zero-order valence-electron chi connectivity index (χ0n) is 6.70. The first-order chi connectivity index (χ1) is 5.56. The number of carboxylic acid groups (broad SMARTS) is 1. The molecule has 12 heavy (non-hydrogen) atoms. The Kier molecular flexibility index (Phi) is 5.27. The Morgan fingerprint density at radius 3 is 2.42 bits per heavy atom. The molecule has 2 N–H and O–H groups in total. The van der Waals surface area contributed by atoms with E-state index in [1.165, 1.54) is 0 Å². The highest BCUT2D eigenvalue weighted by atomic mass is 32.2. The van der Waals surface area contributed by atoms with Crippen molar-refractivity contribution in [3.63, 3.8) is 0 Å². The number of hydrogen-bond acceptors (Lipinski definition) is 3. The van der Waals surface area contributed by atoms with Crippen LogP contribution in [0.5, 0.6) is 0 Å². The minimum absolute atomic E-state index is 0.236. The number of carbonyl (C=O) groups excluding carboxylic acids is 1. The summed E-state index contributed by atoms with van der Waals surface area (Å²) in [5.41, 5.74) is 0. The van der Waals surface area contributed by atoms with Gasteiger partial charge in [-0.15, -0.1) is 0 Å². The van der Waals surface area contributed by atoms with Crippen molar-refractivity contribution in [2.24, 2.45) is 0 Å². The highest BCUT2D eigenvalue weighted by molar-refractivity contribution is 7.86. The molecule has 0 aromatic heterocycles. The van der Waals surface area contributed by atoms with Crippen LogP contribution in [0.25, 0.3) is 0 Å². The molecule has 1 amide bonds. The summed E-state index contributed by atoms with van der Waals surface area (Å²) in [5, 5.41) is 10.6. The minimum Gasteiger partial charge on any atom is -0.481 e. The molecule has 0 rings (SSSR count). The van der Waals surface area contributed by atoms with Crippen LogP contribution >= 0.6 is 0 Å². The normalized spacial score (nSPS) is 12.1. The molecule has 0 fully saturated rings. The maximum absolute atomic E-state index is 10.8. The average molecular weight is 193 g/mol. The van der Waals surface area contributed by atoms with E-state index in [1.807, 2.05) is 0 Å². The number of carboxylic acids is 1. The second kappa shape index (κ2) is 5.70. The Hall–Kier alpha value is -0.910. The van der Waals surface area contributed by atoms with Crippen LogP contribution < -0.4 is 5.32 Å². The number of nitrogens with one attached hydrogen (secondary N) is 1. The van der Waals surface area contributed by atoms with Crippen LogP contribution in [0.4, 0.5) is 0 Å². The van der Waals surface area contributed by atoms with E-state index in [1.54, 1.807) is 6.92 Å². The van der Waals surface area contributed by atoms with Gasteiger partial charge in [0.1, 0.15) is 11.5 Å². The Morgan fingerprint density at radius 2 is 2.00 bits per heavy atom. The molecule has 0 aliphatic carbocycles. The monoisotopic (exact) mass is 193 g/mol. The van der Waals surface area contributed by atoms with Gasteiger partial charge < -0.3 is 10.4 Å². The van der Waals surface area contributed by atoms with Crippen molar-refractivity contribution in [2.45, 2.75) is 6.92 Å². The smallest absolute Gasteiger partial charge is 0.316 e. The third-order valence-electron chi connectivity index (χ3n) is 0.950. The Morgan fingerprint density at radius 1 is 1.42 bits per heavy atom. The van der Waals surface area contributed by atoms with E-state index < -0.39 is 22.5 Å². The SMILES string of the molecule is CCNC(=O)CS(=O)CC(=O)O. The van der Waals surface area contributed by atoms with Gasteiger partial charge in [0.25, 0.3) is 0 Å². The summed E-state index contributed by atoms with van der Waals surface area (Å²) in [4.78, 5) is 20.8. The molecule has 0 spiro atoms. The van der Waals surface area contributed by atoms with Crippen LogP contribution in [0.3, 0.4) is 0 Å². The predicted molar refractivity (Wildman–Crippen MR) is 44.2 cm³/mol. The van der Waals surface area contributed by atoms with Gasteiger partial charge in [-0.05, 0) is 6.92 Å². The van der Waals surface area contributed by atoms with Gasteiger partial charge in [-0.1, -0.05) is 0 Å². The highest BCUT2D eigenvalue weighted by Crippen LogP contribution is 1.82. The first-order valence-electron chi connectivity index (χ1n) is 3.39. The van der Waals surface area contributed by atoms with Crippen molar-refractivity contribution < 1.29 is 18.9 Å². The van der Waals surface area contributed by atoms with Gasteiger partial charge in [-0.3, -0.25) is 13.8 Å². The number of hydrogen-bond donors (Lipinski definition) is 2. The molecule has 0 saturated carbocycles. The number of amides is 1. The van der Waals surface area contributed by atoms with Crippen LogP contribution in [0, 0.1) is 0 Å². The van der Waals surface area contributed by atoms with Gasteiger partial charge in [0.15, 0.2) is 0 Å². The van der Waals surface area contributed by atoms with Crippen molar-refractivity contribution >= 4 is 22.7 Å².